The van der Waals surface area contributed by atoms with Crippen LogP contribution in [0, 0.1) is 0 Å². The molecule has 0 radical (unpaired) electrons. The van der Waals surface area contributed by atoms with Crippen molar-refractivity contribution in [2.45, 2.75) is 13.3 Å². The Kier molecular flexibility index (Phi) is 4.06. The van der Waals surface area contributed by atoms with E-state index in [0.29, 0.717) is 6.42 Å². The number of hydrogen-bond donors (Lipinski definition) is 1. The molecule has 0 saturated heterocycles. The van der Waals surface area contributed by atoms with Gasteiger partial charge in [-0.2, -0.15) is 0 Å². The number of nitrogens with zero attached hydrogens (tertiary/aromatic N) is 2. The molecular weight excluding hydrogens is 244 g/mol. The highest BCUT2D eigenvalue weighted by molar-refractivity contribution is 7.92. The summed E-state index contributed by atoms with van der Waals surface area (Å²) in [7, 11) is -1.98. The molecule has 1 aromatic rings. The minimum absolute atomic E-state index is 0.0232. The lowest BCUT2D eigenvalue weighted by molar-refractivity contribution is 0.0696. The lowest BCUT2D eigenvalue weighted by Crippen LogP contribution is -2.29. The van der Waals surface area contributed by atoms with Crippen molar-refractivity contribution in [2.24, 2.45) is 0 Å². The Hall–Kier alpha value is -1.63. The fourth-order valence-corrected chi connectivity index (χ4v) is 2.42. The second-order valence-corrected chi connectivity index (χ2v) is 5.61. The number of anilines is 1. The number of aromatic carboxylic acids is 1. The molecule has 1 heterocycles. The largest absolute Gasteiger partial charge is 0.478 e. The number of pyridine rings is 1. The molecule has 1 rings (SSSR count). The molecule has 1 N–H and O–H groups in total. The third-order valence-corrected chi connectivity index (χ3v) is 4.14. The van der Waals surface area contributed by atoms with E-state index in [2.05, 4.69) is 4.98 Å². The normalized spacial score (nSPS) is 11.2. The lowest BCUT2D eigenvalue weighted by atomic mass is 10.3. The summed E-state index contributed by atoms with van der Waals surface area (Å²) < 4.78 is 24.5. The molecular formula is C10H14N2O4S. The molecule has 6 nitrogen and oxygen atoms in total. The molecule has 0 aliphatic rings. The van der Waals surface area contributed by atoms with Crippen LogP contribution in [0.25, 0.3) is 0 Å². The van der Waals surface area contributed by atoms with E-state index < -0.39 is 16.0 Å². The van der Waals surface area contributed by atoms with Crippen molar-refractivity contribution in [3.63, 3.8) is 0 Å². The van der Waals surface area contributed by atoms with E-state index in [4.69, 9.17) is 5.11 Å². The van der Waals surface area contributed by atoms with Gasteiger partial charge in [-0.15, -0.1) is 0 Å². The van der Waals surface area contributed by atoms with Gasteiger partial charge in [0.05, 0.1) is 11.3 Å². The molecule has 1 aromatic heterocycles. The van der Waals surface area contributed by atoms with Gasteiger partial charge < -0.3 is 5.11 Å². The Morgan fingerprint density at radius 1 is 1.47 bits per heavy atom. The number of rotatable bonds is 5. The van der Waals surface area contributed by atoms with Gasteiger partial charge >= 0.3 is 5.97 Å². The summed E-state index contributed by atoms with van der Waals surface area (Å²) in [6.07, 6.45) is 1.65. The van der Waals surface area contributed by atoms with E-state index in [0.717, 1.165) is 10.5 Å². The van der Waals surface area contributed by atoms with Crippen molar-refractivity contribution in [3.05, 3.63) is 23.9 Å². The maximum absolute atomic E-state index is 11.7. The van der Waals surface area contributed by atoms with Gasteiger partial charge in [0.25, 0.3) is 0 Å². The number of carboxylic acids is 1. The molecule has 0 fully saturated rings. The summed E-state index contributed by atoms with van der Waals surface area (Å²) in [5.74, 6) is -0.849. The predicted octanol–water partition coefficient (Wildman–Crippen LogP) is 0.956. The number of hydrogen-bond acceptors (Lipinski definition) is 4. The van der Waals surface area contributed by atoms with E-state index in [9.17, 15) is 13.2 Å². The molecule has 0 aromatic carbocycles. The van der Waals surface area contributed by atoms with Gasteiger partial charge in [-0.3, -0.25) is 4.31 Å². The van der Waals surface area contributed by atoms with Crippen LogP contribution in [-0.4, -0.2) is 37.3 Å². The fourth-order valence-electron chi connectivity index (χ4n) is 1.24. The first-order chi connectivity index (χ1) is 7.88. The van der Waals surface area contributed by atoms with Gasteiger partial charge in [0.1, 0.15) is 5.82 Å². The summed E-state index contributed by atoms with van der Waals surface area (Å²) in [4.78, 5) is 14.4. The van der Waals surface area contributed by atoms with Crippen LogP contribution in [0.3, 0.4) is 0 Å². The molecule has 0 aliphatic carbocycles. The van der Waals surface area contributed by atoms with Crippen molar-refractivity contribution >= 4 is 21.8 Å². The molecule has 17 heavy (non-hydrogen) atoms. The minimum atomic E-state index is -3.37. The molecule has 94 valence electrons. The standard InChI is InChI=1S/C10H14N2O4S/c1-3-6-17(15,16)12(2)9-5-4-8(7-11-9)10(13)14/h4-5,7H,3,6H2,1-2H3,(H,13,14). The van der Waals surface area contributed by atoms with Crippen LogP contribution in [0.1, 0.15) is 23.7 Å². The average Bonchev–Trinajstić information content (AvgIpc) is 2.28. The Morgan fingerprint density at radius 2 is 2.12 bits per heavy atom. The SMILES string of the molecule is CCCS(=O)(=O)N(C)c1ccc(C(=O)O)cn1. The second kappa shape index (κ2) is 5.13. The topological polar surface area (TPSA) is 87.6 Å². The average molecular weight is 258 g/mol. The van der Waals surface area contributed by atoms with Crippen molar-refractivity contribution in [1.82, 2.24) is 4.98 Å². The monoisotopic (exact) mass is 258 g/mol. The van der Waals surface area contributed by atoms with Crippen molar-refractivity contribution in [1.29, 1.82) is 0 Å². The van der Waals surface area contributed by atoms with Crippen LogP contribution in [0.15, 0.2) is 18.3 Å². The zero-order valence-corrected chi connectivity index (χ0v) is 10.4. The molecule has 0 atom stereocenters. The third-order valence-electron chi connectivity index (χ3n) is 2.20. The molecule has 7 heteroatoms. The quantitative estimate of drug-likeness (QED) is 0.849. The Labute approximate surface area is 100.0 Å². The number of aromatic nitrogens is 1. The van der Waals surface area contributed by atoms with Crippen molar-refractivity contribution < 1.29 is 18.3 Å². The first kappa shape index (κ1) is 13.4. The number of carbonyl (C=O) groups is 1. The van der Waals surface area contributed by atoms with Gasteiger partial charge in [0, 0.05) is 13.2 Å². The van der Waals surface area contributed by atoms with E-state index in [1.54, 1.807) is 6.92 Å². The third kappa shape index (κ3) is 3.16. The molecule has 0 spiro atoms. The summed E-state index contributed by atoms with van der Waals surface area (Å²) in [6, 6.07) is 2.69. The van der Waals surface area contributed by atoms with E-state index in [1.807, 2.05) is 0 Å². The molecule has 0 amide bonds. The summed E-state index contributed by atoms with van der Waals surface area (Å²) in [6.45, 7) is 1.77. The van der Waals surface area contributed by atoms with Crippen LogP contribution in [0.2, 0.25) is 0 Å². The fraction of sp³-hybridized carbons (Fsp3) is 0.400. The first-order valence-corrected chi connectivity index (χ1v) is 6.65. The highest BCUT2D eigenvalue weighted by Crippen LogP contribution is 2.14. The Balaban J connectivity index is 2.98. The lowest BCUT2D eigenvalue weighted by Gasteiger charge is -2.17. The van der Waals surface area contributed by atoms with Crippen molar-refractivity contribution in [3.8, 4) is 0 Å². The number of carboxylic acid groups (broad SMARTS) is 1. The smallest absolute Gasteiger partial charge is 0.337 e. The molecule has 0 unspecified atom stereocenters. The van der Waals surface area contributed by atoms with Gasteiger partial charge in [-0.25, -0.2) is 18.2 Å². The summed E-state index contributed by atoms with van der Waals surface area (Å²) >= 11 is 0. The van der Waals surface area contributed by atoms with Gasteiger partial charge in [-0.05, 0) is 18.6 Å². The van der Waals surface area contributed by atoms with E-state index in [-0.39, 0.29) is 17.1 Å². The Bertz CT molecular complexity index is 496. The van der Waals surface area contributed by atoms with Gasteiger partial charge in [0.2, 0.25) is 10.0 Å². The summed E-state index contributed by atoms with van der Waals surface area (Å²) in [5, 5.41) is 8.69. The zero-order valence-electron chi connectivity index (χ0n) is 9.62. The zero-order chi connectivity index (χ0) is 13.1. The van der Waals surface area contributed by atoms with Gasteiger partial charge in [-0.1, -0.05) is 6.92 Å². The molecule has 0 saturated carbocycles. The van der Waals surface area contributed by atoms with Crippen LogP contribution < -0.4 is 4.31 Å². The molecule has 0 aliphatic heterocycles. The van der Waals surface area contributed by atoms with E-state index >= 15 is 0 Å². The van der Waals surface area contributed by atoms with Crippen LogP contribution >= 0.6 is 0 Å². The number of sulfonamides is 1. The first-order valence-electron chi connectivity index (χ1n) is 5.04. The highest BCUT2D eigenvalue weighted by atomic mass is 32.2. The minimum Gasteiger partial charge on any atom is -0.478 e. The highest BCUT2D eigenvalue weighted by Gasteiger charge is 2.18. The maximum Gasteiger partial charge on any atom is 0.337 e. The van der Waals surface area contributed by atoms with Crippen LogP contribution in [0.5, 0.6) is 0 Å². The van der Waals surface area contributed by atoms with Crippen LogP contribution in [-0.2, 0) is 10.0 Å². The Morgan fingerprint density at radius 3 is 2.53 bits per heavy atom. The predicted molar refractivity (Wildman–Crippen MR) is 63.7 cm³/mol. The van der Waals surface area contributed by atoms with Gasteiger partial charge in [0.15, 0.2) is 0 Å². The summed E-state index contributed by atoms with van der Waals surface area (Å²) in [5.41, 5.74) is 0.0232. The van der Waals surface area contributed by atoms with Crippen molar-refractivity contribution in [2.75, 3.05) is 17.1 Å². The van der Waals surface area contributed by atoms with E-state index in [1.165, 1.54) is 19.2 Å². The molecule has 0 bridgehead atoms. The second-order valence-electron chi connectivity index (χ2n) is 3.49. The van der Waals surface area contributed by atoms with Crippen LogP contribution in [0.4, 0.5) is 5.82 Å². The maximum atomic E-state index is 11.7.